The first-order chi connectivity index (χ1) is 9.72. The maximum absolute atomic E-state index is 11.6. The summed E-state index contributed by atoms with van der Waals surface area (Å²) in [5.74, 6) is -6.13. The molecule has 0 aliphatic carbocycles. The predicted molar refractivity (Wildman–Crippen MR) is 75.1 cm³/mol. The summed E-state index contributed by atoms with van der Waals surface area (Å²) in [5, 5.41) is 44.4. The summed E-state index contributed by atoms with van der Waals surface area (Å²) in [7, 11) is 0. The Balaban J connectivity index is -0.000000667. The van der Waals surface area contributed by atoms with Crippen LogP contribution in [-0.4, -0.2) is 92.9 Å². The van der Waals surface area contributed by atoms with E-state index in [4.69, 9.17) is 30.3 Å². The molecule has 0 spiro atoms. The van der Waals surface area contributed by atoms with Gasteiger partial charge in [0.2, 0.25) is 0 Å². The van der Waals surface area contributed by atoms with E-state index in [0.29, 0.717) is 0 Å². The fourth-order valence-electron chi connectivity index (χ4n) is 1.22. The zero-order valence-corrected chi connectivity index (χ0v) is 13.3. The van der Waals surface area contributed by atoms with E-state index < -0.39 is 62.1 Å². The molecule has 0 heterocycles. The van der Waals surface area contributed by atoms with Gasteiger partial charge >= 0.3 is 41.0 Å². The molecule has 0 aliphatic rings. The minimum atomic E-state index is -1.83. The maximum atomic E-state index is 11.6. The molecule has 0 saturated carbocycles. The van der Waals surface area contributed by atoms with Crippen LogP contribution in [-0.2, 0) is 19.1 Å². The molecule has 9 nitrogen and oxygen atoms in total. The molecule has 0 unspecified atom stereocenters. The number of carbonyl (C=O) groups excluding carboxylic acids is 1. The van der Waals surface area contributed by atoms with Gasteiger partial charge in [-0.1, -0.05) is 6.58 Å². The summed E-state index contributed by atoms with van der Waals surface area (Å²) in [4.78, 5) is 32.9. The van der Waals surface area contributed by atoms with Crippen LogP contribution in [0.4, 0.5) is 0 Å². The first-order valence-corrected chi connectivity index (χ1v) is 5.86. The van der Waals surface area contributed by atoms with Gasteiger partial charge in [-0.2, -0.15) is 0 Å². The van der Waals surface area contributed by atoms with E-state index >= 15 is 0 Å². The third-order valence-corrected chi connectivity index (χ3v) is 2.85. The fraction of sp³-hybridized carbons (Fsp3) is 0.583. The summed E-state index contributed by atoms with van der Waals surface area (Å²) in [6, 6.07) is 0. The van der Waals surface area contributed by atoms with Gasteiger partial charge in [-0.25, -0.2) is 4.79 Å². The second-order valence-electron chi connectivity index (χ2n) is 4.59. The number of ether oxygens (including phenoxy) is 1. The number of hydrogen-bond donors (Lipinski definition) is 5. The van der Waals surface area contributed by atoms with Gasteiger partial charge in [0.1, 0.15) is 6.61 Å². The van der Waals surface area contributed by atoms with Crippen LogP contribution >= 0.6 is 0 Å². The van der Waals surface area contributed by atoms with Crippen molar-refractivity contribution >= 4 is 41.0 Å². The molecule has 22 heavy (non-hydrogen) atoms. The van der Waals surface area contributed by atoms with Crippen LogP contribution in [0.2, 0.25) is 0 Å². The molecule has 0 radical (unpaired) electrons. The third kappa shape index (κ3) is 6.71. The average Bonchev–Trinajstić information content (AvgIpc) is 2.45. The molecule has 0 rings (SSSR count). The second kappa shape index (κ2) is 10.5. The molecule has 0 saturated heterocycles. The number of carboxylic acid groups (broad SMARTS) is 2. The second-order valence-corrected chi connectivity index (χ2v) is 4.59. The summed E-state index contributed by atoms with van der Waals surface area (Å²) in [5.41, 5.74) is -1.82. The summed E-state index contributed by atoms with van der Waals surface area (Å²) < 4.78 is 4.70. The number of aliphatic hydroxyl groups is 3. The van der Waals surface area contributed by atoms with Crippen molar-refractivity contribution in [2.75, 3.05) is 26.4 Å². The summed E-state index contributed by atoms with van der Waals surface area (Å²) in [6.07, 6.45) is -0.645. The number of carbonyl (C=O) groups is 3. The Morgan fingerprint density at radius 2 is 1.45 bits per heavy atom. The molecule has 0 amide bonds. The van der Waals surface area contributed by atoms with Crippen molar-refractivity contribution in [3.8, 4) is 0 Å². The zero-order valence-electron chi connectivity index (χ0n) is 13.9. The van der Waals surface area contributed by atoms with E-state index in [2.05, 4.69) is 6.58 Å². The van der Waals surface area contributed by atoms with Gasteiger partial charge in [-0.3, -0.25) is 9.59 Å². The third-order valence-electron chi connectivity index (χ3n) is 2.85. The van der Waals surface area contributed by atoms with Crippen LogP contribution in [0.1, 0.15) is 9.27 Å². The Kier molecular flexibility index (Phi) is 11.0. The molecule has 0 aromatic carbocycles. The standard InChI is InChI=1S/C12H18O9.Mg.2H/c1-7(2-8(9(16)17)10(18)19)11(20)21-6-12(3-13,4-14)5-15;;;/h8,13-15H,1-6H2,(H,16,17)(H,18,19);;;/q;+2;2*-1. The molecule has 0 atom stereocenters. The molecule has 10 heteroatoms. The van der Waals surface area contributed by atoms with Gasteiger partial charge in [0.05, 0.1) is 25.2 Å². The van der Waals surface area contributed by atoms with Gasteiger partial charge in [-0.05, 0) is 0 Å². The van der Waals surface area contributed by atoms with E-state index in [0.717, 1.165) is 0 Å². The fourth-order valence-corrected chi connectivity index (χ4v) is 1.22. The average molecular weight is 333 g/mol. The molecule has 0 aliphatic heterocycles. The number of rotatable bonds is 10. The van der Waals surface area contributed by atoms with Gasteiger partial charge < -0.3 is 33.1 Å². The topological polar surface area (TPSA) is 162 Å². The quantitative estimate of drug-likeness (QED) is 0.133. The largest absolute Gasteiger partial charge is 2.00 e. The van der Waals surface area contributed by atoms with Crippen LogP contribution < -0.4 is 0 Å². The zero-order chi connectivity index (χ0) is 16.6. The molecule has 0 aromatic rings. The Morgan fingerprint density at radius 1 is 1.05 bits per heavy atom. The summed E-state index contributed by atoms with van der Waals surface area (Å²) >= 11 is 0. The monoisotopic (exact) mass is 332 g/mol. The van der Waals surface area contributed by atoms with Crippen molar-refractivity contribution in [1.82, 2.24) is 0 Å². The van der Waals surface area contributed by atoms with Gasteiger partial charge in [0.25, 0.3) is 0 Å². The molecule has 0 aromatic heterocycles. The molecular weight excluding hydrogens is 312 g/mol. The number of esters is 1. The molecule has 0 fully saturated rings. The smallest absolute Gasteiger partial charge is 1.00 e. The Hall–Kier alpha value is -1.20. The summed E-state index contributed by atoms with van der Waals surface area (Å²) in [6.45, 7) is 0.781. The van der Waals surface area contributed by atoms with Crippen molar-refractivity contribution in [2.24, 2.45) is 11.3 Å². The number of aliphatic carboxylic acids is 2. The molecule has 0 bridgehead atoms. The van der Waals surface area contributed by atoms with Crippen LogP contribution in [0.5, 0.6) is 0 Å². The minimum absolute atomic E-state index is 0. The Labute approximate surface area is 145 Å². The Morgan fingerprint density at radius 3 is 1.77 bits per heavy atom. The normalized spacial score (nSPS) is 10.7. The van der Waals surface area contributed by atoms with Crippen molar-refractivity contribution in [3.05, 3.63) is 12.2 Å². The van der Waals surface area contributed by atoms with Crippen LogP contribution in [0.15, 0.2) is 12.2 Å². The predicted octanol–water partition coefficient (Wildman–Crippen LogP) is -1.93. The van der Waals surface area contributed by atoms with Crippen molar-refractivity contribution in [1.29, 1.82) is 0 Å². The maximum Gasteiger partial charge on any atom is 2.00 e. The first kappa shape index (κ1) is 23.1. The minimum Gasteiger partial charge on any atom is -1.00 e. The van der Waals surface area contributed by atoms with E-state index in [1.807, 2.05) is 0 Å². The van der Waals surface area contributed by atoms with Gasteiger partial charge in [-0.15, -0.1) is 0 Å². The van der Waals surface area contributed by atoms with Gasteiger partial charge in [0.15, 0.2) is 5.92 Å². The molecule has 124 valence electrons. The van der Waals surface area contributed by atoms with E-state index in [1.54, 1.807) is 0 Å². The van der Waals surface area contributed by atoms with Crippen LogP contribution in [0.3, 0.4) is 0 Å². The van der Waals surface area contributed by atoms with Crippen molar-refractivity contribution in [3.63, 3.8) is 0 Å². The van der Waals surface area contributed by atoms with E-state index in [9.17, 15) is 14.4 Å². The Bertz CT molecular complexity index is 404. The van der Waals surface area contributed by atoms with Crippen molar-refractivity contribution in [2.45, 2.75) is 6.42 Å². The molecular formula is C12H20MgO9. The SMILES string of the molecule is C=C(CC(C(=O)O)C(=O)O)C(=O)OCC(CO)(CO)CO.[H-].[H-].[Mg+2]. The van der Waals surface area contributed by atoms with Crippen LogP contribution in [0.25, 0.3) is 0 Å². The number of aliphatic hydroxyl groups excluding tert-OH is 3. The van der Waals surface area contributed by atoms with E-state index in [1.165, 1.54) is 0 Å². The first-order valence-electron chi connectivity index (χ1n) is 5.86. The number of hydrogen-bond acceptors (Lipinski definition) is 7. The molecule has 5 N–H and O–H groups in total. The van der Waals surface area contributed by atoms with E-state index in [-0.39, 0.29) is 31.5 Å². The van der Waals surface area contributed by atoms with Crippen molar-refractivity contribution < 1.29 is 47.5 Å². The number of carboxylic acids is 2. The van der Waals surface area contributed by atoms with Crippen LogP contribution in [0, 0.1) is 11.3 Å². The van der Waals surface area contributed by atoms with Gasteiger partial charge in [0, 0.05) is 12.0 Å².